The highest BCUT2D eigenvalue weighted by molar-refractivity contribution is 5.91. The summed E-state index contributed by atoms with van der Waals surface area (Å²) in [5, 5.41) is 5.95. The molecule has 2 N–H and O–H groups in total. The van der Waals surface area contributed by atoms with Gasteiger partial charge in [-0.3, -0.25) is 9.59 Å². The highest BCUT2D eigenvalue weighted by atomic mass is 35.5. The maximum atomic E-state index is 11.9. The lowest BCUT2D eigenvalue weighted by molar-refractivity contribution is -0.129. The van der Waals surface area contributed by atoms with Crippen LogP contribution in [0.25, 0.3) is 0 Å². The van der Waals surface area contributed by atoms with Gasteiger partial charge >= 0.3 is 0 Å². The summed E-state index contributed by atoms with van der Waals surface area (Å²) in [5.74, 6) is 0.0382. The molecular formula is C16H26ClN3O2. The first kappa shape index (κ1) is 20.4. The number of amides is 2. The fourth-order valence-corrected chi connectivity index (χ4v) is 2.07. The highest BCUT2D eigenvalue weighted by Gasteiger charge is 2.11. The number of hydrogen-bond acceptors (Lipinski definition) is 3. The zero-order valence-electron chi connectivity index (χ0n) is 13.5. The van der Waals surface area contributed by atoms with E-state index < -0.39 is 0 Å². The van der Waals surface area contributed by atoms with Crippen LogP contribution in [-0.4, -0.2) is 36.9 Å². The van der Waals surface area contributed by atoms with Crippen LogP contribution in [0.3, 0.4) is 0 Å². The van der Waals surface area contributed by atoms with E-state index >= 15 is 0 Å². The zero-order chi connectivity index (χ0) is 15.7. The van der Waals surface area contributed by atoms with Crippen molar-refractivity contribution in [2.24, 2.45) is 0 Å². The smallest absolute Gasteiger partial charge is 0.224 e. The van der Waals surface area contributed by atoms with Gasteiger partial charge in [-0.25, -0.2) is 0 Å². The Bertz CT molecular complexity index is 480. The molecule has 22 heavy (non-hydrogen) atoms. The zero-order valence-corrected chi connectivity index (χ0v) is 14.3. The van der Waals surface area contributed by atoms with Gasteiger partial charge in [-0.2, -0.15) is 0 Å². The van der Waals surface area contributed by atoms with Gasteiger partial charge in [-0.1, -0.05) is 18.2 Å². The first-order valence-corrected chi connectivity index (χ1v) is 7.36. The number of anilines is 1. The standard InChI is InChI=1S/C16H25N3O2.ClH/c1-4-19(13(2)20)12-14-8-5-6-9-15(14)18-16(21)10-7-11-17-3;/h5-6,8-9,17H,4,7,10-12H2,1-3H3,(H,18,21);1H. The van der Waals surface area contributed by atoms with Crippen molar-refractivity contribution in [3.8, 4) is 0 Å². The molecule has 0 saturated heterocycles. The molecule has 6 heteroatoms. The van der Waals surface area contributed by atoms with Crippen molar-refractivity contribution in [3.63, 3.8) is 0 Å². The minimum absolute atomic E-state index is 0. The number of halogens is 1. The Morgan fingerprint density at radius 3 is 2.50 bits per heavy atom. The van der Waals surface area contributed by atoms with E-state index in [-0.39, 0.29) is 24.2 Å². The van der Waals surface area contributed by atoms with E-state index in [2.05, 4.69) is 10.6 Å². The predicted molar refractivity (Wildman–Crippen MR) is 92.2 cm³/mol. The van der Waals surface area contributed by atoms with E-state index in [1.165, 1.54) is 0 Å². The van der Waals surface area contributed by atoms with Gasteiger partial charge in [0.15, 0.2) is 0 Å². The van der Waals surface area contributed by atoms with Crippen LogP contribution in [-0.2, 0) is 16.1 Å². The highest BCUT2D eigenvalue weighted by Crippen LogP contribution is 2.17. The second-order valence-corrected chi connectivity index (χ2v) is 4.95. The number of hydrogen-bond donors (Lipinski definition) is 2. The van der Waals surface area contributed by atoms with E-state index in [0.29, 0.717) is 19.5 Å². The van der Waals surface area contributed by atoms with Crippen LogP contribution in [0.15, 0.2) is 24.3 Å². The second-order valence-electron chi connectivity index (χ2n) is 4.95. The third-order valence-corrected chi connectivity index (χ3v) is 3.31. The number of carbonyl (C=O) groups excluding carboxylic acids is 2. The quantitative estimate of drug-likeness (QED) is 0.721. The van der Waals surface area contributed by atoms with Gasteiger partial charge in [-0.05, 0) is 38.6 Å². The maximum Gasteiger partial charge on any atom is 0.224 e. The molecule has 1 aromatic carbocycles. The Kier molecular flexibility index (Phi) is 10.2. The molecule has 0 fully saturated rings. The molecule has 124 valence electrons. The molecule has 5 nitrogen and oxygen atoms in total. The molecule has 0 unspecified atom stereocenters. The van der Waals surface area contributed by atoms with E-state index in [4.69, 9.17) is 0 Å². The van der Waals surface area contributed by atoms with Crippen molar-refractivity contribution in [1.29, 1.82) is 0 Å². The summed E-state index contributed by atoms with van der Waals surface area (Å²) in [7, 11) is 1.87. The minimum Gasteiger partial charge on any atom is -0.339 e. The first-order valence-electron chi connectivity index (χ1n) is 7.36. The van der Waals surface area contributed by atoms with Gasteiger partial charge in [0.2, 0.25) is 11.8 Å². The lowest BCUT2D eigenvalue weighted by Crippen LogP contribution is -2.28. The van der Waals surface area contributed by atoms with Crippen molar-refractivity contribution in [1.82, 2.24) is 10.2 Å². The predicted octanol–water partition coefficient (Wildman–Crippen LogP) is 2.41. The molecule has 0 aromatic heterocycles. The molecule has 0 aliphatic heterocycles. The molecule has 0 heterocycles. The fourth-order valence-electron chi connectivity index (χ4n) is 2.07. The largest absolute Gasteiger partial charge is 0.339 e. The SMILES string of the molecule is CCN(Cc1ccccc1NC(=O)CCCNC)C(C)=O.Cl. The third kappa shape index (κ3) is 6.91. The van der Waals surface area contributed by atoms with E-state index in [1.807, 2.05) is 38.2 Å². The normalized spacial score (nSPS) is 9.77. The third-order valence-electron chi connectivity index (χ3n) is 3.31. The first-order chi connectivity index (χ1) is 10.1. The summed E-state index contributed by atoms with van der Waals surface area (Å²) in [5.41, 5.74) is 1.74. The monoisotopic (exact) mass is 327 g/mol. The number of para-hydroxylation sites is 1. The lowest BCUT2D eigenvalue weighted by atomic mass is 10.1. The topological polar surface area (TPSA) is 61.4 Å². The number of benzene rings is 1. The van der Waals surface area contributed by atoms with Crippen molar-refractivity contribution >= 4 is 29.9 Å². The summed E-state index contributed by atoms with van der Waals surface area (Å²) in [6.45, 7) is 5.49. The van der Waals surface area contributed by atoms with Gasteiger partial charge in [0.25, 0.3) is 0 Å². The summed E-state index contributed by atoms with van der Waals surface area (Å²) >= 11 is 0. The summed E-state index contributed by atoms with van der Waals surface area (Å²) in [6, 6.07) is 7.62. The summed E-state index contributed by atoms with van der Waals surface area (Å²) < 4.78 is 0. The Hall–Kier alpha value is -1.59. The van der Waals surface area contributed by atoms with Crippen LogP contribution in [0.5, 0.6) is 0 Å². The van der Waals surface area contributed by atoms with Crippen LogP contribution in [0, 0.1) is 0 Å². The number of rotatable bonds is 8. The van der Waals surface area contributed by atoms with Gasteiger partial charge in [0.1, 0.15) is 0 Å². The molecule has 0 aliphatic carbocycles. The number of nitrogens with zero attached hydrogens (tertiary/aromatic N) is 1. The van der Waals surface area contributed by atoms with Crippen molar-refractivity contribution in [3.05, 3.63) is 29.8 Å². The van der Waals surface area contributed by atoms with Crippen LogP contribution in [0.1, 0.15) is 32.3 Å². The number of nitrogens with one attached hydrogen (secondary N) is 2. The summed E-state index contributed by atoms with van der Waals surface area (Å²) in [4.78, 5) is 25.2. The van der Waals surface area contributed by atoms with Crippen LogP contribution in [0.2, 0.25) is 0 Å². The van der Waals surface area contributed by atoms with Crippen LogP contribution in [0.4, 0.5) is 5.69 Å². The molecular weight excluding hydrogens is 302 g/mol. The lowest BCUT2D eigenvalue weighted by Gasteiger charge is -2.21. The average molecular weight is 328 g/mol. The Morgan fingerprint density at radius 1 is 1.23 bits per heavy atom. The molecule has 0 saturated carbocycles. The van der Waals surface area contributed by atoms with Gasteiger partial charge in [0, 0.05) is 32.1 Å². The van der Waals surface area contributed by atoms with Crippen molar-refractivity contribution in [2.45, 2.75) is 33.2 Å². The maximum absolute atomic E-state index is 11.9. The molecule has 0 radical (unpaired) electrons. The summed E-state index contributed by atoms with van der Waals surface area (Å²) in [6.07, 6.45) is 1.29. The molecule has 0 aliphatic rings. The van der Waals surface area contributed by atoms with Crippen LogP contribution < -0.4 is 10.6 Å². The Balaban J connectivity index is 0.00000441. The molecule has 0 spiro atoms. The van der Waals surface area contributed by atoms with Crippen molar-refractivity contribution in [2.75, 3.05) is 25.5 Å². The average Bonchev–Trinajstić information content (AvgIpc) is 2.46. The second kappa shape index (κ2) is 11.0. The van der Waals surface area contributed by atoms with E-state index in [0.717, 1.165) is 24.2 Å². The Labute approximate surface area is 138 Å². The molecule has 2 amide bonds. The van der Waals surface area contributed by atoms with Gasteiger partial charge in [-0.15, -0.1) is 12.4 Å². The molecule has 1 rings (SSSR count). The molecule has 0 atom stereocenters. The fraction of sp³-hybridized carbons (Fsp3) is 0.500. The van der Waals surface area contributed by atoms with Gasteiger partial charge in [0.05, 0.1) is 0 Å². The molecule has 1 aromatic rings. The van der Waals surface area contributed by atoms with Gasteiger partial charge < -0.3 is 15.5 Å². The van der Waals surface area contributed by atoms with Crippen molar-refractivity contribution < 1.29 is 9.59 Å². The molecule has 0 bridgehead atoms. The van der Waals surface area contributed by atoms with Crippen LogP contribution >= 0.6 is 12.4 Å². The van der Waals surface area contributed by atoms with E-state index in [1.54, 1.807) is 11.8 Å². The number of carbonyl (C=O) groups is 2. The minimum atomic E-state index is 0. The van der Waals surface area contributed by atoms with E-state index in [9.17, 15) is 9.59 Å². The Morgan fingerprint density at radius 2 is 1.91 bits per heavy atom.